The van der Waals surface area contributed by atoms with Crippen molar-refractivity contribution in [3.05, 3.63) is 84.3 Å². The van der Waals surface area contributed by atoms with Gasteiger partial charge in [-0.25, -0.2) is 9.97 Å². The molecular weight excluding hydrogens is 378 g/mol. The molecule has 7 nitrogen and oxygen atoms in total. The second kappa shape index (κ2) is 9.00. The van der Waals surface area contributed by atoms with E-state index in [-0.39, 0.29) is 5.91 Å². The number of amides is 1. The van der Waals surface area contributed by atoms with Gasteiger partial charge in [-0.3, -0.25) is 9.78 Å². The summed E-state index contributed by atoms with van der Waals surface area (Å²) in [6, 6.07) is 19.0. The number of anilines is 2. The van der Waals surface area contributed by atoms with Crippen molar-refractivity contribution in [1.29, 1.82) is 0 Å². The molecule has 7 heteroatoms. The van der Waals surface area contributed by atoms with Gasteiger partial charge in [0.15, 0.2) is 0 Å². The number of para-hydroxylation sites is 2. The van der Waals surface area contributed by atoms with Gasteiger partial charge in [-0.15, -0.1) is 0 Å². The maximum absolute atomic E-state index is 12.5. The van der Waals surface area contributed by atoms with Gasteiger partial charge in [-0.05, 0) is 36.2 Å². The van der Waals surface area contributed by atoms with Gasteiger partial charge < -0.3 is 15.4 Å². The third-order valence-electron chi connectivity index (χ3n) is 4.64. The summed E-state index contributed by atoms with van der Waals surface area (Å²) in [4.78, 5) is 25.5. The van der Waals surface area contributed by atoms with Crippen LogP contribution in [0.4, 0.5) is 11.6 Å². The maximum Gasteiger partial charge on any atom is 0.270 e. The standard InChI is InChI=1S/C23H21N5O2/c1-30-20-10-3-2-6-16(20)11-14-25-22(29)19-12-15-26-23(28-19)27-18-9-4-7-17-8-5-13-24-21(17)18/h2-10,12-13,15H,11,14H2,1H3,(H,25,29)(H,26,27,28). The quantitative estimate of drug-likeness (QED) is 0.492. The van der Waals surface area contributed by atoms with Crippen LogP contribution in [0.15, 0.2) is 73.1 Å². The zero-order valence-electron chi connectivity index (χ0n) is 16.5. The molecule has 4 aromatic rings. The number of carbonyl (C=O) groups is 1. The van der Waals surface area contributed by atoms with Crippen LogP contribution >= 0.6 is 0 Å². The number of pyridine rings is 1. The van der Waals surface area contributed by atoms with Gasteiger partial charge in [0.2, 0.25) is 5.95 Å². The van der Waals surface area contributed by atoms with Crippen LogP contribution in [-0.4, -0.2) is 34.5 Å². The van der Waals surface area contributed by atoms with Crippen molar-refractivity contribution in [1.82, 2.24) is 20.3 Å². The molecule has 0 aliphatic rings. The van der Waals surface area contributed by atoms with Crippen molar-refractivity contribution < 1.29 is 9.53 Å². The van der Waals surface area contributed by atoms with E-state index in [9.17, 15) is 4.79 Å². The highest BCUT2D eigenvalue weighted by Crippen LogP contribution is 2.23. The van der Waals surface area contributed by atoms with Gasteiger partial charge >= 0.3 is 0 Å². The molecule has 0 saturated carbocycles. The smallest absolute Gasteiger partial charge is 0.270 e. The molecule has 2 aromatic carbocycles. The summed E-state index contributed by atoms with van der Waals surface area (Å²) in [5, 5.41) is 7.06. The van der Waals surface area contributed by atoms with E-state index in [1.165, 1.54) is 0 Å². The molecule has 2 aromatic heterocycles. The molecule has 4 rings (SSSR count). The molecule has 1 amide bonds. The maximum atomic E-state index is 12.5. The molecule has 30 heavy (non-hydrogen) atoms. The number of hydrogen-bond acceptors (Lipinski definition) is 6. The lowest BCUT2D eigenvalue weighted by atomic mass is 10.1. The molecule has 0 atom stereocenters. The number of carbonyl (C=O) groups excluding carboxylic acids is 1. The number of aromatic nitrogens is 3. The molecule has 0 fully saturated rings. The minimum Gasteiger partial charge on any atom is -0.496 e. The third-order valence-corrected chi connectivity index (χ3v) is 4.64. The molecule has 150 valence electrons. The normalized spacial score (nSPS) is 10.6. The van der Waals surface area contributed by atoms with Crippen LogP contribution in [0, 0.1) is 0 Å². The van der Waals surface area contributed by atoms with E-state index in [0.29, 0.717) is 24.6 Å². The van der Waals surface area contributed by atoms with E-state index in [2.05, 4.69) is 25.6 Å². The third kappa shape index (κ3) is 4.35. The van der Waals surface area contributed by atoms with Crippen LogP contribution in [0.3, 0.4) is 0 Å². The number of rotatable bonds is 7. The first-order valence-electron chi connectivity index (χ1n) is 9.58. The second-order valence-electron chi connectivity index (χ2n) is 6.59. The highest BCUT2D eigenvalue weighted by Gasteiger charge is 2.10. The minimum atomic E-state index is -0.258. The van der Waals surface area contributed by atoms with Crippen LogP contribution in [0.2, 0.25) is 0 Å². The number of fused-ring (bicyclic) bond motifs is 1. The number of methoxy groups -OCH3 is 1. The molecule has 0 spiro atoms. The largest absolute Gasteiger partial charge is 0.496 e. The fourth-order valence-corrected chi connectivity index (χ4v) is 3.18. The molecule has 0 aliphatic carbocycles. The Hall–Kier alpha value is -4.00. The fourth-order valence-electron chi connectivity index (χ4n) is 3.18. The zero-order chi connectivity index (χ0) is 20.8. The average molecular weight is 399 g/mol. The molecular formula is C23H21N5O2. The molecule has 2 N–H and O–H groups in total. The summed E-state index contributed by atoms with van der Waals surface area (Å²) in [5.41, 5.74) is 2.92. The molecule has 0 unspecified atom stereocenters. The predicted octanol–water partition coefficient (Wildman–Crippen LogP) is 3.75. The summed E-state index contributed by atoms with van der Waals surface area (Å²) in [6.07, 6.45) is 3.95. The van der Waals surface area contributed by atoms with Gasteiger partial charge in [0.25, 0.3) is 5.91 Å². The Morgan fingerprint density at radius 2 is 1.83 bits per heavy atom. The van der Waals surface area contributed by atoms with Crippen LogP contribution in [0.5, 0.6) is 5.75 Å². The lowest BCUT2D eigenvalue weighted by Gasteiger charge is -2.10. The minimum absolute atomic E-state index is 0.258. The first-order chi connectivity index (χ1) is 14.7. The highest BCUT2D eigenvalue weighted by molar-refractivity contribution is 5.93. The van der Waals surface area contributed by atoms with Crippen molar-refractivity contribution in [2.45, 2.75) is 6.42 Å². The summed E-state index contributed by atoms with van der Waals surface area (Å²) in [5.74, 6) is 0.890. The fraction of sp³-hybridized carbons (Fsp3) is 0.130. The van der Waals surface area contributed by atoms with Crippen molar-refractivity contribution >= 4 is 28.4 Å². The van der Waals surface area contributed by atoms with E-state index in [4.69, 9.17) is 4.74 Å². The molecule has 0 saturated heterocycles. The Bertz CT molecular complexity index is 1170. The van der Waals surface area contributed by atoms with Crippen molar-refractivity contribution in [2.24, 2.45) is 0 Å². The van der Waals surface area contributed by atoms with Crippen molar-refractivity contribution in [2.75, 3.05) is 19.0 Å². The van der Waals surface area contributed by atoms with Gasteiger partial charge in [-0.2, -0.15) is 0 Å². The first-order valence-corrected chi connectivity index (χ1v) is 9.58. The Morgan fingerprint density at radius 3 is 2.73 bits per heavy atom. The van der Waals surface area contributed by atoms with Gasteiger partial charge in [-0.1, -0.05) is 36.4 Å². The predicted molar refractivity (Wildman–Crippen MR) is 116 cm³/mol. The molecule has 0 bridgehead atoms. The number of nitrogens with zero attached hydrogens (tertiary/aromatic N) is 3. The number of nitrogens with one attached hydrogen (secondary N) is 2. The summed E-state index contributed by atoms with van der Waals surface area (Å²) in [6.45, 7) is 0.471. The van der Waals surface area contributed by atoms with E-state index in [1.54, 1.807) is 25.6 Å². The SMILES string of the molecule is COc1ccccc1CCNC(=O)c1ccnc(Nc2cccc3cccnc23)n1. The van der Waals surface area contributed by atoms with Gasteiger partial charge in [0, 0.05) is 24.3 Å². The summed E-state index contributed by atoms with van der Waals surface area (Å²) >= 11 is 0. The average Bonchev–Trinajstić information content (AvgIpc) is 2.80. The van der Waals surface area contributed by atoms with E-state index in [0.717, 1.165) is 27.9 Å². The monoisotopic (exact) mass is 399 g/mol. The van der Waals surface area contributed by atoms with E-state index >= 15 is 0 Å². The zero-order valence-corrected chi connectivity index (χ0v) is 16.5. The Labute approximate surface area is 174 Å². The van der Waals surface area contributed by atoms with Crippen LogP contribution in [-0.2, 0) is 6.42 Å². The van der Waals surface area contributed by atoms with Crippen LogP contribution in [0.25, 0.3) is 10.9 Å². The number of hydrogen-bond donors (Lipinski definition) is 2. The number of benzene rings is 2. The topological polar surface area (TPSA) is 89.0 Å². The Kier molecular flexibility index (Phi) is 5.80. The Morgan fingerprint density at radius 1 is 0.967 bits per heavy atom. The summed E-state index contributed by atoms with van der Waals surface area (Å²) < 4.78 is 5.34. The molecule has 0 radical (unpaired) electrons. The lowest BCUT2D eigenvalue weighted by molar-refractivity contribution is 0.0949. The highest BCUT2D eigenvalue weighted by atomic mass is 16.5. The van der Waals surface area contributed by atoms with Gasteiger partial charge in [0.05, 0.1) is 18.3 Å². The van der Waals surface area contributed by atoms with Crippen molar-refractivity contribution in [3.63, 3.8) is 0 Å². The first kappa shape index (κ1) is 19.3. The van der Waals surface area contributed by atoms with Crippen LogP contribution < -0.4 is 15.4 Å². The van der Waals surface area contributed by atoms with Crippen molar-refractivity contribution in [3.8, 4) is 5.75 Å². The van der Waals surface area contributed by atoms with Gasteiger partial charge in [0.1, 0.15) is 11.4 Å². The van der Waals surface area contributed by atoms with E-state index in [1.807, 2.05) is 54.6 Å². The van der Waals surface area contributed by atoms with Crippen LogP contribution in [0.1, 0.15) is 16.1 Å². The van der Waals surface area contributed by atoms with E-state index < -0.39 is 0 Å². The number of ether oxygens (including phenoxy) is 1. The summed E-state index contributed by atoms with van der Waals surface area (Å²) in [7, 11) is 1.64. The molecule has 0 aliphatic heterocycles. The second-order valence-corrected chi connectivity index (χ2v) is 6.59. The Balaban J connectivity index is 1.43. The molecule has 2 heterocycles. The lowest BCUT2D eigenvalue weighted by Crippen LogP contribution is -2.26.